The van der Waals surface area contributed by atoms with Crippen LogP contribution in [0.2, 0.25) is 0 Å². The minimum atomic E-state index is -5.21. The van der Waals surface area contributed by atoms with Gasteiger partial charge in [-0.2, -0.15) is 45.6 Å². The third kappa shape index (κ3) is 9.06. The van der Waals surface area contributed by atoms with Crippen LogP contribution in [0, 0.1) is 0 Å². The number of carbonyl (C=O) groups is 2. The van der Waals surface area contributed by atoms with Gasteiger partial charge in [0.2, 0.25) is 0 Å². The number of phenolic OH excluding ortho intramolecular Hbond substituents is 2. The molecule has 1 heterocycles. The average Bonchev–Trinajstić information content (AvgIpc) is 3.49. The van der Waals surface area contributed by atoms with E-state index in [1.165, 1.54) is 57.5 Å². The maximum Gasteiger partial charge on any atom is 0.338 e. The number of phenols is 2. The summed E-state index contributed by atoms with van der Waals surface area (Å²) in [5.74, 6) is -4.24. The first-order valence-corrected chi connectivity index (χ1v) is 21.2. The number of benzene rings is 5. The van der Waals surface area contributed by atoms with E-state index in [1.807, 2.05) is 0 Å². The first-order chi connectivity index (χ1) is 29.0. The summed E-state index contributed by atoms with van der Waals surface area (Å²) in [5, 5.41) is 59.4. The molecule has 0 saturated heterocycles. The molecule has 0 aromatic heterocycles. The number of fused-ring (bicyclic) bond motifs is 1. The number of carboxylic acid groups (broad SMARTS) is 1. The number of ether oxygens (including phenoxy) is 2. The van der Waals surface area contributed by atoms with Crippen molar-refractivity contribution in [2.24, 2.45) is 35.8 Å². The van der Waals surface area contributed by atoms with Gasteiger partial charge >= 0.3 is 5.97 Å². The van der Waals surface area contributed by atoms with Gasteiger partial charge in [0.05, 0.1) is 52.0 Å². The van der Waals surface area contributed by atoms with Crippen molar-refractivity contribution in [1.29, 1.82) is 0 Å². The predicted octanol–water partition coefficient (Wildman–Crippen LogP) is 6.41. The molecule has 27 heteroatoms. The van der Waals surface area contributed by atoms with Crippen LogP contribution in [0.1, 0.15) is 17.3 Å². The third-order valence-electron chi connectivity index (χ3n) is 8.66. The smallest absolute Gasteiger partial charge is 0.338 e. The van der Waals surface area contributed by atoms with Crippen molar-refractivity contribution in [3.63, 3.8) is 0 Å². The number of hydrogen-bond donors (Lipinski definition) is 6. The van der Waals surface area contributed by atoms with Crippen molar-refractivity contribution in [3.05, 3.63) is 78.4 Å². The van der Waals surface area contributed by atoms with E-state index >= 15 is 0 Å². The fourth-order valence-corrected chi connectivity index (χ4v) is 7.39. The Morgan fingerprint density at radius 3 is 1.84 bits per heavy atom. The lowest BCUT2D eigenvalue weighted by Crippen LogP contribution is -2.29. The van der Waals surface area contributed by atoms with Crippen LogP contribution in [0.3, 0.4) is 0 Å². The van der Waals surface area contributed by atoms with E-state index in [2.05, 4.69) is 35.8 Å². The summed E-state index contributed by atoms with van der Waals surface area (Å²) in [6, 6.07) is 11.5. The molecular formula is C35H28N8O16S3. The molecule has 0 saturated carbocycles. The highest BCUT2D eigenvalue weighted by molar-refractivity contribution is 7.86. The second-order valence-electron chi connectivity index (χ2n) is 12.6. The van der Waals surface area contributed by atoms with Crippen LogP contribution >= 0.6 is 0 Å². The Morgan fingerprint density at radius 2 is 1.29 bits per heavy atom. The highest BCUT2D eigenvalue weighted by atomic mass is 32.2. The number of hydrazone groups is 1. The Bertz CT molecular complexity index is 3170. The van der Waals surface area contributed by atoms with Gasteiger partial charge in [0.25, 0.3) is 36.3 Å². The lowest BCUT2D eigenvalue weighted by molar-refractivity contribution is -0.117. The number of aromatic hydroxyl groups is 2. The second kappa shape index (κ2) is 16.6. The van der Waals surface area contributed by atoms with Crippen molar-refractivity contribution in [2.45, 2.75) is 27.7 Å². The van der Waals surface area contributed by atoms with Crippen LogP contribution in [-0.4, -0.2) is 92.1 Å². The topological polar surface area (TPSA) is 366 Å². The molecule has 6 N–H and O–H groups in total. The van der Waals surface area contributed by atoms with Crippen molar-refractivity contribution < 1.29 is 73.3 Å². The predicted molar refractivity (Wildman–Crippen MR) is 213 cm³/mol. The van der Waals surface area contributed by atoms with Crippen molar-refractivity contribution in [2.75, 3.05) is 19.2 Å². The Hall–Kier alpha value is -7.30. The number of rotatable bonds is 13. The Kier molecular flexibility index (Phi) is 11.9. The number of methoxy groups -OCH3 is 2. The van der Waals surface area contributed by atoms with Gasteiger partial charge in [0.15, 0.2) is 11.8 Å². The molecule has 1 aliphatic heterocycles. The largest absolute Gasteiger partial charge is 0.507 e. The molecule has 6 rings (SSSR count). The summed E-state index contributed by atoms with van der Waals surface area (Å²) in [4.78, 5) is 23.1. The van der Waals surface area contributed by atoms with Crippen molar-refractivity contribution in [3.8, 4) is 23.0 Å². The monoisotopic (exact) mass is 912 g/mol. The standard InChI is InChI=1S/C35H28N8O16S3/c1-16-31(34(46)43(42-16)19-5-7-20(8-6-19)60(49,50)51)40-36-18-4-9-23(22(12-18)35(47)48)37-38-24-14-28(59-3)25(15-27(24)58-2)39-41-32-29(62(55,56)57)11-17-10-21(61(52,53)54)13-26(44)30(17)33(32)45/h4-15,31,44-45H,1-3H3,(H,47,48)(H,49,50,51)(H,52,53,54)(H,55,56,57). The minimum Gasteiger partial charge on any atom is -0.507 e. The molecular weight excluding hydrogens is 885 g/mol. The summed E-state index contributed by atoms with van der Waals surface area (Å²) in [7, 11) is -12.2. The van der Waals surface area contributed by atoms with E-state index in [1.54, 1.807) is 0 Å². The molecule has 0 fully saturated rings. The van der Waals surface area contributed by atoms with Crippen LogP contribution in [0.15, 0.2) is 123 Å². The molecule has 1 amide bonds. The fraction of sp³-hybridized carbons (Fsp3) is 0.114. The van der Waals surface area contributed by atoms with Crippen LogP contribution in [0.5, 0.6) is 23.0 Å². The number of azo groups is 3. The lowest BCUT2D eigenvalue weighted by atomic mass is 10.1. The summed E-state index contributed by atoms with van der Waals surface area (Å²) in [5.41, 5.74) is -1.31. The molecule has 1 unspecified atom stereocenters. The Balaban J connectivity index is 1.28. The van der Waals surface area contributed by atoms with E-state index in [-0.39, 0.29) is 45.6 Å². The minimum absolute atomic E-state index is 0.000423. The normalized spacial score (nSPS) is 15.0. The number of hydrogen-bond acceptors (Lipinski definition) is 19. The van der Waals surface area contributed by atoms with Gasteiger partial charge in [-0.15, -0.1) is 20.5 Å². The zero-order valence-corrected chi connectivity index (χ0v) is 34.0. The number of carboxylic acids is 1. The highest BCUT2D eigenvalue weighted by Crippen LogP contribution is 2.47. The van der Waals surface area contributed by atoms with Crippen molar-refractivity contribution >= 4 is 92.8 Å². The molecule has 0 bridgehead atoms. The first kappa shape index (κ1) is 44.3. The van der Waals surface area contributed by atoms with Gasteiger partial charge in [0.1, 0.15) is 44.9 Å². The maximum atomic E-state index is 13.1. The van der Waals surface area contributed by atoms with Gasteiger partial charge < -0.3 is 24.8 Å². The highest BCUT2D eigenvalue weighted by Gasteiger charge is 2.35. The molecule has 24 nitrogen and oxygen atoms in total. The molecule has 1 aliphatic rings. The number of carbonyl (C=O) groups excluding carboxylic acids is 1. The molecule has 1 atom stereocenters. The SMILES string of the molecule is COc1cc(N=Nc2c(S(=O)(=O)O)cc3cc(S(=O)(=O)O)cc(O)c3c2O)c(OC)cc1N=Nc1ccc(N=NC2C(=O)N(c3ccc(S(=O)(=O)O)cc3)N=C2C)cc1C(=O)O. The number of amides is 1. The Morgan fingerprint density at radius 1 is 0.710 bits per heavy atom. The number of aromatic carboxylic acids is 1. The van der Waals surface area contributed by atoms with Gasteiger partial charge in [-0.05, 0) is 66.9 Å². The summed E-state index contributed by atoms with van der Waals surface area (Å²) >= 11 is 0. The van der Waals surface area contributed by atoms with Gasteiger partial charge in [-0.3, -0.25) is 18.5 Å². The third-order valence-corrected chi connectivity index (χ3v) is 11.2. The van der Waals surface area contributed by atoms with Gasteiger partial charge in [-0.1, -0.05) is 0 Å². The van der Waals surface area contributed by atoms with E-state index in [0.717, 1.165) is 29.3 Å². The molecule has 5 aromatic rings. The van der Waals surface area contributed by atoms with E-state index in [0.29, 0.717) is 12.1 Å². The fourth-order valence-electron chi connectivity index (χ4n) is 5.72. The van der Waals surface area contributed by atoms with Crippen molar-refractivity contribution in [1.82, 2.24) is 0 Å². The van der Waals surface area contributed by atoms with E-state index < -0.39 is 96.5 Å². The Labute approximate surface area is 349 Å². The summed E-state index contributed by atoms with van der Waals surface area (Å²) in [6.07, 6.45) is 0. The molecule has 322 valence electrons. The van der Waals surface area contributed by atoms with E-state index in [9.17, 15) is 63.8 Å². The average molecular weight is 913 g/mol. The van der Waals surface area contributed by atoms with Crippen LogP contribution in [0.4, 0.5) is 34.1 Å². The molecule has 0 spiro atoms. The molecule has 0 aliphatic carbocycles. The lowest BCUT2D eigenvalue weighted by Gasteiger charge is -2.12. The molecule has 0 radical (unpaired) electrons. The summed E-state index contributed by atoms with van der Waals surface area (Å²) in [6.45, 7) is 1.49. The molecule has 5 aromatic carbocycles. The van der Waals surface area contributed by atoms with E-state index in [4.69, 9.17) is 9.47 Å². The maximum absolute atomic E-state index is 13.1. The zero-order chi connectivity index (χ0) is 45.5. The zero-order valence-electron chi connectivity index (χ0n) is 31.6. The van der Waals surface area contributed by atoms with Gasteiger partial charge in [-0.25, -0.2) is 4.79 Å². The van der Waals surface area contributed by atoms with Crippen LogP contribution in [-0.2, 0) is 35.1 Å². The van der Waals surface area contributed by atoms with Crippen LogP contribution < -0.4 is 14.5 Å². The molecule has 62 heavy (non-hydrogen) atoms. The quantitative estimate of drug-likeness (QED) is 0.0548. The van der Waals surface area contributed by atoms with Gasteiger partial charge in [0, 0.05) is 18.2 Å². The first-order valence-electron chi connectivity index (χ1n) is 16.8. The summed E-state index contributed by atoms with van der Waals surface area (Å²) < 4.78 is 110. The number of nitrogens with zero attached hydrogens (tertiary/aromatic N) is 8. The number of anilines is 1. The second-order valence-corrected chi connectivity index (χ2v) is 16.9. The van der Waals surface area contributed by atoms with Crippen LogP contribution in [0.25, 0.3) is 10.8 Å².